The number of ether oxygens (including phenoxy) is 1. The van der Waals surface area contributed by atoms with Crippen molar-refractivity contribution in [2.75, 3.05) is 25.6 Å². The van der Waals surface area contributed by atoms with E-state index in [1.54, 1.807) is 13.2 Å². The number of quaternary nitrogens is 1. The van der Waals surface area contributed by atoms with Crippen LogP contribution in [-0.4, -0.2) is 42.2 Å². The van der Waals surface area contributed by atoms with E-state index in [0.29, 0.717) is 25.4 Å². The van der Waals surface area contributed by atoms with Crippen molar-refractivity contribution in [3.05, 3.63) is 24.4 Å². The van der Waals surface area contributed by atoms with Crippen molar-refractivity contribution in [3.8, 4) is 0 Å². The summed E-state index contributed by atoms with van der Waals surface area (Å²) in [5.41, 5.74) is 3.01. The van der Waals surface area contributed by atoms with E-state index in [2.05, 4.69) is 17.3 Å². The molecule has 1 unspecified atom stereocenters. The molecule has 0 aromatic carbocycles. The highest BCUT2D eigenvalue weighted by atomic mass is 35.5. The zero-order valence-electron chi connectivity index (χ0n) is 20.8. The SMILES string of the molecule is CCCCCCCCCCCCCC(=O)OCC.CC[N+](C)(C=O)Nc1ccccn1.[Cl-]. The van der Waals surface area contributed by atoms with Gasteiger partial charge in [0.1, 0.15) is 6.54 Å². The monoisotopic (exact) mass is 471 g/mol. The first-order chi connectivity index (χ1) is 15.0. The maximum atomic E-state index is 11.1. The van der Waals surface area contributed by atoms with Gasteiger partial charge in [-0.1, -0.05) is 77.2 Å². The Morgan fingerprint density at radius 3 is 1.97 bits per heavy atom. The Bertz CT molecular complexity index is 561. The van der Waals surface area contributed by atoms with E-state index in [-0.39, 0.29) is 23.0 Å². The van der Waals surface area contributed by atoms with E-state index in [1.165, 1.54) is 64.2 Å². The molecule has 1 N–H and O–H groups in total. The fourth-order valence-corrected chi connectivity index (χ4v) is 3.04. The van der Waals surface area contributed by atoms with Gasteiger partial charge in [-0.15, -0.1) is 0 Å². The molecule has 7 heteroatoms. The van der Waals surface area contributed by atoms with Gasteiger partial charge in [-0.3, -0.25) is 4.79 Å². The summed E-state index contributed by atoms with van der Waals surface area (Å²) in [5.74, 6) is 0.673. The van der Waals surface area contributed by atoms with Gasteiger partial charge in [0, 0.05) is 12.6 Å². The molecule has 1 amide bonds. The highest BCUT2D eigenvalue weighted by Gasteiger charge is 2.18. The molecule has 1 aromatic rings. The molecule has 1 aromatic heterocycles. The molecular formula is C25H46ClN3O3. The third-order valence-corrected chi connectivity index (χ3v) is 5.21. The Morgan fingerprint density at radius 1 is 0.969 bits per heavy atom. The number of nitrogens with zero attached hydrogens (tertiary/aromatic N) is 2. The van der Waals surface area contributed by atoms with Gasteiger partial charge in [-0.2, -0.15) is 4.59 Å². The Morgan fingerprint density at radius 2 is 1.53 bits per heavy atom. The van der Waals surface area contributed by atoms with Crippen molar-refractivity contribution >= 4 is 18.2 Å². The molecule has 0 aliphatic rings. The standard InChI is InChI=1S/C16H32O2.C9H14N3O.ClH/c1-3-5-6-7-8-9-10-11-12-13-14-15-16(17)18-4-2;1-3-12(2,8-13)11-9-6-4-5-7-10-9;/h3-15H2,1-2H3;4-8H,3H2,1-2H3,(H,10,11);1H/q;+1;/p-1. The molecule has 186 valence electrons. The number of hydrogen-bond donors (Lipinski definition) is 1. The van der Waals surface area contributed by atoms with Crippen LogP contribution in [0.2, 0.25) is 0 Å². The minimum absolute atomic E-state index is 0. The third kappa shape index (κ3) is 19.1. The summed E-state index contributed by atoms with van der Waals surface area (Å²) < 4.78 is 5.03. The van der Waals surface area contributed by atoms with Crippen LogP contribution in [0.15, 0.2) is 24.4 Å². The first kappa shape index (κ1) is 32.5. The first-order valence-corrected chi connectivity index (χ1v) is 12.2. The van der Waals surface area contributed by atoms with Crippen LogP contribution in [0.3, 0.4) is 0 Å². The molecule has 32 heavy (non-hydrogen) atoms. The summed E-state index contributed by atoms with van der Waals surface area (Å²) in [4.78, 5) is 25.9. The van der Waals surface area contributed by atoms with Gasteiger partial charge in [0.05, 0.1) is 13.7 Å². The fraction of sp³-hybridized carbons (Fsp3) is 0.720. The second-order valence-corrected chi connectivity index (χ2v) is 8.11. The average molecular weight is 472 g/mol. The van der Waals surface area contributed by atoms with Crippen LogP contribution in [0.1, 0.15) is 97.8 Å². The number of carbonyl (C=O) groups excluding carboxylic acids is 2. The van der Waals surface area contributed by atoms with Crippen molar-refractivity contribution in [1.29, 1.82) is 0 Å². The largest absolute Gasteiger partial charge is 1.00 e. The molecule has 6 nitrogen and oxygen atoms in total. The van der Waals surface area contributed by atoms with Gasteiger partial charge in [-0.25, -0.2) is 15.2 Å². The topological polar surface area (TPSA) is 68.3 Å². The van der Waals surface area contributed by atoms with Crippen LogP contribution in [0.4, 0.5) is 5.82 Å². The van der Waals surface area contributed by atoms with Gasteiger partial charge in [0.15, 0.2) is 5.82 Å². The van der Waals surface area contributed by atoms with Crippen molar-refractivity contribution in [1.82, 2.24) is 4.98 Å². The minimum Gasteiger partial charge on any atom is -1.00 e. The number of halogens is 1. The summed E-state index contributed by atoms with van der Waals surface area (Å²) >= 11 is 0. The van der Waals surface area contributed by atoms with Gasteiger partial charge in [0.25, 0.3) is 0 Å². The van der Waals surface area contributed by atoms with Crippen LogP contribution in [0.5, 0.6) is 0 Å². The highest BCUT2D eigenvalue weighted by Crippen LogP contribution is 2.12. The molecule has 0 radical (unpaired) electrons. The number of esters is 1. The van der Waals surface area contributed by atoms with Crippen LogP contribution in [0, 0.1) is 0 Å². The highest BCUT2D eigenvalue weighted by molar-refractivity contribution is 5.69. The molecule has 0 aliphatic heterocycles. The normalized spacial score (nSPS) is 11.9. The molecule has 0 bridgehead atoms. The number of carbonyl (C=O) groups is 2. The van der Waals surface area contributed by atoms with Crippen molar-refractivity contribution in [2.45, 2.75) is 97.8 Å². The number of pyridine rings is 1. The van der Waals surface area contributed by atoms with E-state index in [4.69, 9.17) is 4.74 Å². The Balaban J connectivity index is 0. The molecule has 0 aliphatic carbocycles. The number of unbranched alkanes of at least 4 members (excludes halogenated alkanes) is 10. The van der Waals surface area contributed by atoms with Crippen molar-refractivity contribution in [3.63, 3.8) is 0 Å². The summed E-state index contributed by atoms with van der Waals surface area (Å²) in [6.45, 7) is 7.25. The van der Waals surface area contributed by atoms with Crippen LogP contribution in [-0.2, 0) is 14.3 Å². The van der Waals surface area contributed by atoms with Crippen molar-refractivity contribution < 1.29 is 31.3 Å². The maximum Gasteiger partial charge on any atom is 0.325 e. The predicted molar refractivity (Wildman–Crippen MR) is 128 cm³/mol. The summed E-state index contributed by atoms with van der Waals surface area (Å²) in [6, 6.07) is 5.54. The molecule has 1 rings (SSSR count). The molecule has 1 atom stereocenters. The second kappa shape index (κ2) is 22.5. The lowest BCUT2D eigenvalue weighted by Crippen LogP contribution is -3.00. The Kier molecular flexibility index (Phi) is 22.9. The van der Waals surface area contributed by atoms with Gasteiger partial charge in [0.2, 0.25) is 0 Å². The third-order valence-electron chi connectivity index (χ3n) is 5.21. The average Bonchev–Trinajstić information content (AvgIpc) is 2.78. The van der Waals surface area contributed by atoms with E-state index in [0.717, 1.165) is 12.8 Å². The smallest absolute Gasteiger partial charge is 0.325 e. The van der Waals surface area contributed by atoms with Gasteiger partial charge in [-0.05, 0) is 32.4 Å². The zero-order chi connectivity index (χ0) is 23.2. The zero-order valence-corrected chi connectivity index (χ0v) is 21.5. The van der Waals surface area contributed by atoms with Crippen LogP contribution < -0.4 is 17.8 Å². The lowest BCUT2D eigenvalue weighted by Gasteiger charge is -2.25. The maximum absolute atomic E-state index is 11.1. The second-order valence-electron chi connectivity index (χ2n) is 8.11. The van der Waals surface area contributed by atoms with Gasteiger partial charge < -0.3 is 17.1 Å². The molecule has 1 heterocycles. The van der Waals surface area contributed by atoms with Crippen LogP contribution >= 0.6 is 0 Å². The fourth-order valence-electron chi connectivity index (χ4n) is 3.04. The molecule has 0 fully saturated rings. The Hall–Kier alpha value is -1.66. The number of rotatable bonds is 17. The quantitative estimate of drug-likeness (QED) is 0.124. The number of hydrogen-bond acceptors (Lipinski definition) is 5. The summed E-state index contributed by atoms with van der Waals surface area (Å²) in [7, 11) is 1.79. The minimum atomic E-state index is -0.0339. The van der Waals surface area contributed by atoms with Crippen molar-refractivity contribution in [2.24, 2.45) is 0 Å². The molecular weight excluding hydrogens is 426 g/mol. The number of aromatic nitrogens is 1. The van der Waals surface area contributed by atoms with E-state index < -0.39 is 0 Å². The molecule has 0 spiro atoms. The number of nitrogens with one attached hydrogen (secondary N) is 1. The van der Waals surface area contributed by atoms with E-state index >= 15 is 0 Å². The van der Waals surface area contributed by atoms with Crippen LogP contribution in [0.25, 0.3) is 0 Å². The number of amides is 1. The molecule has 0 saturated heterocycles. The molecule has 0 saturated carbocycles. The van der Waals surface area contributed by atoms with Gasteiger partial charge >= 0.3 is 12.4 Å². The van der Waals surface area contributed by atoms with E-state index in [9.17, 15) is 9.59 Å². The summed E-state index contributed by atoms with van der Waals surface area (Å²) in [5, 5.41) is 0. The lowest BCUT2D eigenvalue weighted by atomic mass is 10.1. The van der Waals surface area contributed by atoms with E-state index in [1.807, 2.05) is 32.0 Å². The number of anilines is 1. The first-order valence-electron chi connectivity index (χ1n) is 12.2. The Labute approximate surface area is 202 Å². The lowest BCUT2D eigenvalue weighted by molar-refractivity contribution is -0.800. The summed E-state index contributed by atoms with van der Waals surface area (Å²) in [6.07, 6.45) is 17.6. The predicted octanol–water partition coefficient (Wildman–Crippen LogP) is 3.29.